The predicted octanol–water partition coefficient (Wildman–Crippen LogP) is 8.17. The molecule has 1 heterocycles. The summed E-state index contributed by atoms with van der Waals surface area (Å²) in [5.41, 5.74) is -1.92. The number of hydrogen-bond acceptors (Lipinski definition) is 4. The van der Waals surface area contributed by atoms with Gasteiger partial charge in [0.25, 0.3) is 5.91 Å². The van der Waals surface area contributed by atoms with Crippen LogP contribution in [0.2, 0.25) is 0 Å². The predicted molar refractivity (Wildman–Crippen MR) is 155 cm³/mol. The van der Waals surface area contributed by atoms with Gasteiger partial charge in [0, 0.05) is 18.4 Å². The fourth-order valence-corrected chi connectivity index (χ4v) is 4.93. The number of hydrogen-bond donors (Lipinski definition) is 2. The topological polar surface area (TPSA) is 88.8 Å². The van der Waals surface area contributed by atoms with Crippen LogP contribution in [0.4, 0.5) is 26.3 Å². The van der Waals surface area contributed by atoms with Crippen LogP contribution in [0.15, 0.2) is 114 Å². The maximum absolute atomic E-state index is 14.1. The van der Waals surface area contributed by atoms with Gasteiger partial charge in [-0.25, -0.2) is 4.79 Å². The van der Waals surface area contributed by atoms with E-state index in [4.69, 9.17) is 9.15 Å². The zero-order valence-electron chi connectivity index (χ0n) is 23.7. The Balaban J connectivity index is 1.49. The van der Waals surface area contributed by atoms with Crippen molar-refractivity contribution in [2.45, 2.75) is 37.0 Å². The summed E-state index contributed by atoms with van der Waals surface area (Å²) >= 11 is 0. The Morgan fingerprint density at radius 2 is 1.50 bits per heavy atom. The SMILES string of the molecule is O=C(NC1(OC(Cc2ccccc2)C(=O)O)C=CC(c2ccccc2)=CC1)c1cc(-c2ccc(C(F)(F)F)cc2)oc1C(F)(F)F. The van der Waals surface area contributed by atoms with Crippen LogP contribution in [0.25, 0.3) is 16.9 Å². The molecule has 1 aliphatic carbocycles. The fraction of sp³-hybridized carbons (Fsp3) is 0.176. The van der Waals surface area contributed by atoms with Crippen molar-refractivity contribution in [1.29, 1.82) is 0 Å². The van der Waals surface area contributed by atoms with E-state index in [1.54, 1.807) is 54.6 Å². The molecule has 0 fully saturated rings. The normalized spacial score (nSPS) is 17.3. The van der Waals surface area contributed by atoms with Gasteiger partial charge in [0.15, 0.2) is 11.8 Å². The Morgan fingerprint density at radius 3 is 2.04 bits per heavy atom. The number of allylic oxidation sites excluding steroid dienone is 2. The van der Waals surface area contributed by atoms with Crippen LogP contribution in [0.5, 0.6) is 0 Å². The second kappa shape index (κ2) is 12.7. The minimum absolute atomic E-state index is 0.117. The van der Waals surface area contributed by atoms with Crippen LogP contribution in [-0.2, 0) is 28.3 Å². The number of aliphatic carboxylic acids is 1. The number of rotatable bonds is 9. The fourth-order valence-electron chi connectivity index (χ4n) is 4.93. The number of halogens is 6. The lowest BCUT2D eigenvalue weighted by Gasteiger charge is -2.35. The molecule has 2 atom stereocenters. The van der Waals surface area contributed by atoms with Crippen LogP contribution in [0.3, 0.4) is 0 Å². The van der Waals surface area contributed by atoms with Crippen molar-refractivity contribution in [3.63, 3.8) is 0 Å². The molecular formula is C34H25F6NO5. The molecule has 0 bridgehead atoms. The van der Waals surface area contributed by atoms with Crippen molar-refractivity contribution in [2.24, 2.45) is 0 Å². The largest absolute Gasteiger partial charge is 0.479 e. The van der Waals surface area contributed by atoms with Gasteiger partial charge < -0.3 is 19.6 Å². The van der Waals surface area contributed by atoms with E-state index in [2.05, 4.69) is 5.32 Å². The van der Waals surface area contributed by atoms with Crippen molar-refractivity contribution in [2.75, 3.05) is 0 Å². The Kier molecular flexibility index (Phi) is 8.93. The molecule has 46 heavy (non-hydrogen) atoms. The first-order chi connectivity index (χ1) is 21.7. The molecule has 1 aliphatic rings. The van der Waals surface area contributed by atoms with E-state index in [0.717, 1.165) is 23.8 Å². The van der Waals surface area contributed by atoms with E-state index in [1.807, 2.05) is 18.2 Å². The highest BCUT2D eigenvalue weighted by Crippen LogP contribution is 2.39. The van der Waals surface area contributed by atoms with Gasteiger partial charge in [-0.1, -0.05) is 84.9 Å². The van der Waals surface area contributed by atoms with Gasteiger partial charge >= 0.3 is 18.3 Å². The zero-order valence-corrected chi connectivity index (χ0v) is 23.7. The van der Waals surface area contributed by atoms with Gasteiger partial charge in [0.05, 0.1) is 11.1 Å². The number of benzene rings is 3. The average Bonchev–Trinajstić information content (AvgIpc) is 3.49. The summed E-state index contributed by atoms with van der Waals surface area (Å²) in [5.74, 6) is -4.86. The lowest BCUT2D eigenvalue weighted by molar-refractivity contribution is -0.161. The van der Waals surface area contributed by atoms with Gasteiger partial charge in [-0.3, -0.25) is 4.79 Å². The maximum Gasteiger partial charge on any atom is 0.450 e. The van der Waals surface area contributed by atoms with Crippen LogP contribution in [-0.4, -0.2) is 28.8 Å². The lowest BCUT2D eigenvalue weighted by Crippen LogP contribution is -2.53. The van der Waals surface area contributed by atoms with Crippen LogP contribution in [0, 0.1) is 0 Å². The third-order valence-electron chi connectivity index (χ3n) is 7.21. The number of amides is 1. The molecule has 2 N–H and O–H groups in total. The first kappa shape index (κ1) is 32.3. The number of ether oxygens (including phenoxy) is 1. The number of nitrogens with one attached hydrogen (secondary N) is 1. The number of carboxylic acids is 1. The molecule has 5 rings (SSSR count). The van der Waals surface area contributed by atoms with Crippen molar-refractivity contribution in [3.05, 3.63) is 137 Å². The summed E-state index contributed by atoms with van der Waals surface area (Å²) in [5, 5.41) is 12.4. The standard InChI is InChI=1S/C34H25F6NO5/c35-33(36,37)25-13-11-24(12-14-25)27-20-26(29(45-27)34(38,39)40)30(42)41-32(17-15-23(16-18-32)22-9-5-2-6-10-22)46-28(31(43)44)19-21-7-3-1-4-8-21/h1-17,20,28H,18-19H2,(H,41,42)(H,43,44). The van der Waals surface area contributed by atoms with Crippen LogP contribution >= 0.6 is 0 Å². The number of alkyl halides is 6. The monoisotopic (exact) mass is 641 g/mol. The molecule has 12 heteroatoms. The smallest absolute Gasteiger partial charge is 0.450 e. The number of furan rings is 1. The van der Waals surface area contributed by atoms with Gasteiger partial charge in [0.1, 0.15) is 5.76 Å². The van der Waals surface area contributed by atoms with Crippen molar-refractivity contribution < 1.29 is 50.2 Å². The first-order valence-electron chi connectivity index (χ1n) is 13.8. The molecule has 0 spiro atoms. The molecule has 6 nitrogen and oxygen atoms in total. The van der Waals surface area contributed by atoms with Gasteiger partial charge in [0.2, 0.25) is 5.76 Å². The van der Waals surface area contributed by atoms with Gasteiger partial charge in [-0.05, 0) is 41.0 Å². The second-order valence-corrected chi connectivity index (χ2v) is 10.5. The minimum Gasteiger partial charge on any atom is -0.479 e. The molecule has 0 aliphatic heterocycles. The first-order valence-corrected chi connectivity index (χ1v) is 13.8. The Hall–Kier alpha value is -5.10. The lowest BCUT2D eigenvalue weighted by atomic mass is 9.94. The number of carbonyl (C=O) groups is 2. The van der Waals surface area contributed by atoms with Crippen LogP contribution in [0.1, 0.15) is 39.2 Å². The molecular weight excluding hydrogens is 616 g/mol. The molecule has 0 radical (unpaired) electrons. The second-order valence-electron chi connectivity index (χ2n) is 10.5. The molecule has 0 saturated heterocycles. The Morgan fingerprint density at radius 1 is 0.870 bits per heavy atom. The number of carboxylic acid groups (broad SMARTS) is 1. The molecule has 0 saturated carbocycles. The van der Waals surface area contributed by atoms with E-state index in [1.165, 1.54) is 6.08 Å². The molecule has 4 aromatic rings. The molecule has 3 aromatic carbocycles. The highest BCUT2D eigenvalue weighted by molar-refractivity contribution is 5.97. The quantitative estimate of drug-likeness (QED) is 0.142. The molecule has 238 valence electrons. The third-order valence-corrected chi connectivity index (χ3v) is 7.21. The van der Waals surface area contributed by atoms with Crippen molar-refractivity contribution in [3.8, 4) is 11.3 Å². The van der Waals surface area contributed by atoms with Crippen LogP contribution < -0.4 is 5.32 Å². The van der Waals surface area contributed by atoms with Crippen molar-refractivity contribution >= 4 is 17.4 Å². The average molecular weight is 642 g/mol. The summed E-state index contributed by atoms with van der Waals surface area (Å²) in [4.78, 5) is 25.9. The van der Waals surface area contributed by atoms with E-state index in [-0.39, 0.29) is 18.4 Å². The highest BCUT2D eigenvalue weighted by atomic mass is 19.4. The Bertz CT molecular complexity index is 1760. The molecule has 1 amide bonds. The minimum atomic E-state index is -5.16. The number of carbonyl (C=O) groups excluding carboxylic acids is 1. The summed E-state index contributed by atoms with van der Waals surface area (Å²) in [6, 6.07) is 21.5. The molecule has 2 unspecified atom stereocenters. The van der Waals surface area contributed by atoms with Gasteiger partial charge in [-0.15, -0.1) is 0 Å². The third kappa shape index (κ3) is 7.40. The highest BCUT2D eigenvalue weighted by Gasteiger charge is 2.43. The summed E-state index contributed by atoms with van der Waals surface area (Å²) < 4.78 is 92.2. The zero-order chi connectivity index (χ0) is 33.1. The Labute approximate surface area is 258 Å². The maximum atomic E-state index is 14.1. The summed E-state index contributed by atoms with van der Waals surface area (Å²) in [7, 11) is 0. The summed E-state index contributed by atoms with van der Waals surface area (Å²) in [6.45, 7) is 0. The van der Waals surface area contributed by atoms with Crippen molar-refractivity contribution in [1.82, 2.24) is 5.32 Å². The van der Waals surface area contributed by atoms with E-state index in [0.29, 0.717) is 23.3 Å². The van der Waals surface area contributed by atoms with E-state index < -0.39 is 58.7 Å². The van der Waals surface area contributed by atoms with Gasteiger partial charge in [-0.2, -0.15) is 26.3 Å². The van der Waals surface area contributed by atoms with E-state index >= 15 is 0 Å². The summed E-state index contributed by atoms with van der Waals surface area (Å²) in [6.07, 6.45) is -7.03. The molecule has 1 aromatic heterocycles. The van der Waals surface area contributed by atoms with E-state index in [9.17, 15) is 41.0 Å².